The van der Waals surface area contributed by atoms with Gasteiger partial charge in [0.2, 0.25) is 17.6 Å². The molecule has 4 aliphatic heterocycles. The van der Waals surface area contributed by atoms with Crippen molar-refractivity contribution in [2.45, 2.75) is 187 Å². The van der Waals surface area contributed by atoms with Gasteiger partial charge in [0, 0.05) is 32.5 Å². The highest BCUT2D eigenvalue weighted by Crippen LogP contribution is 2.42. The van der Waals surface area contributed by atoms with Crippen LogP contribution in [0.5, 0.6) is 0 Å². The Morgan fingerprint density at radius 2 is 1.48 bits per heavy atom. The number of esters is 1. The third kappa shape index (κ3) is 12.0. The smallest absolute Gasteiger partial charge is 0.331 e. The van der Waals surface area contributed by atoms with Gasteiger partial charge in [0.15, 0.2) is 17.4 Å². The molecule has 0 aromatic carbocycles. The number of likely N-dealkylation sites (N-methyl/N-ethyl adjacent to an activating group) is 1. The molecule has 4 aliphatic rings. The first-order valence-electron chi connectivity index (χ1n) is 24.1. The number of Topliss-reactive ketones (excluding diaryl/α,β-unsaturated/α-hetero) is 1. The molecular weight excluding hydrogens is 901 g/mol. The summed E-state index contributed by atoms with van der Waals surface area (Å²) in [5.41, 5.74) is 4.01. The SMILES string of the molecule is C/C=C(\C)C(=O)[C@@H](C)/C=C(\C)[C@H]1O[C@@](O)([C@@](O)(CC)C(=O)N[C@@H]2C(=O)N3NCCC[C@@H]3C(=O)N(O)[C@@H](C)C(=O)N(C)[C@H](C)C(=O)N3NCCC[C@H]3C(=O)N[C@H]([C@H](C)O)C(=O)O[C@H]2C(C)C)CC[C@@H]1C. The molecule has 8 N–H and O–H groups in total. The van der Waals surface area contributed by atoms with Crippen molar-refractivity contribution in [1.82, 2.24) is 41.5 Å². The van der Waals surface area contributed by atoms with Gasteiger partial charge in [0.05, 0.1) is 12.2 Å². The molecule has 0 aliphatic carbocycles. The molecule has 0 bridgehead atoms. The number of aliphatic hydroxyl groups is 3. The first-order chi connectivity index (χ1) is 32.2. The van der Waals surface area contributed by atoms with Crippen LogP contribution >= 0.6 is 0 Å². The van der Waals surface area contributed by atoms with E-state index in [1.54, 1.807) is 39.8 Å². The number of rotatable bonds is 10. The van der Waals surface area contributed by atoms with Crippen LogP contribution in [0.1, 0.15) is 121 Å². The number of nitrogens with one attached hydrogen (secondary N) is 4. The monoisotopic (exact) mass is 977 g/mol. The molecular formula is C47H76N8O14. The van der Waals surface area contributed by atoms with Crippen molar-refractivity contribution in [2.24, 2.45) is 17.8 Å². The van der Waals surface area contributed by atoms with E-state index < -0.39 is 126 Å². The topological polar surface area (TPSA) is 297 Å². The number of allylic oxidation sites excluding steroid dienone is 3. The molecule has 0 aromatic heterocycles. The van der Waals surface area contributed by atoms with Gasteiger partial charge in [-0.25, -0.2) is 20.7 Å². The average Bonchev–Trinajstić information content (AvgIpc) is 3.33. The maximum Gasteiger partial charge on any atom is 0.331 e. The maximum absolute atomic E-state index is 15.2. The molecule has 4 saturated heterocycles. The third-order valence-electron chi connectivity index (χ3n) is 14.1. The molecule has 0 spiro atoms. The lowest BCUT2D eigenvalue weighted by Gasteiger charge is -2.49. The van der Waals surface area contributed by atoms with E-state index in [4.69, 9.17) is 9.47 Å². The normalized spacial score (nSPS) is 33.0. The number of ether oxygens (including phenoxy) is 2. The average molecular weight is 977 g/mol. The van der Waals surface area contributed by atoms with E-state index in [2.05, 4.69) is 21.5 Å². The fourth-order valence-electron chi connectivity index (χ4n) is 9.32. The van der Waals surface area contributed by atoms with E-state index in [0.717, 1.165) is 14.9 Å². The Morgan fingerprint density at radius 1 is 0.899 bits per heavy atom. The molecule has 69 heavy (non-hydrogen) atoms. The molecule has 22 nitrogen and oxygen atoms in total. The number of aliphatic hydroxyl groups excluding tert-OH is 1. The van der Waals surface area contributed by atoms with Crippen LogP contribution in [0.3, 0.4) is 0 Å². The summed E-state index contributed by atoms with van der Waals surface area (Å²) in [6.45, 7) is 17.4. The van der Waals surface area contributed by atoms with Gasteiger partial charge in [-0.15, -0.1) is 0 Å². The van der Waals surface area contributed by atoms with Crippen LogP contribution < -0.4 is 21.5 Å². The Balaban J connectivity index is 1.85. The number of cyclic esters (lactones) is 1. The first kappa shape index (κ1) is 56.7. The number of ketones is 1. The summed E-state index contributed by atoms with van der Waals surface area (Å²) < 4.78 is 12.3. The summed E-state index contributed by atoms with van der Waals surface area (Å²) in [4.78, 5) is 114. The number of hydrogen-bond acceptors (Lipinski definition) is 16. The molecule has 4 heterocycles. The van der Waals surface area contributed by atoms with Gasteiger partial charge < -0.3 is 40.3 Å². The minimum absolute atomic E-state index is 0.0668. The minimum atomic E-state index is -2.80. The van der Waals surface area contributed by atoms with E-state index in [0.29, 0.717) is 17.6 Å². The second-order valence-electron chi connectivity index (χ2n) is 19.4. The van der Waals surface area contributed by atoms with Crippen molar-refractivity contribution in [2.75, 3.05) is 20.1 Å². The molecule has 0 saturated carbocycles. The number of carbonyl (C=O) groups is 8. The van der Waals surface area contributed by atoms with Crippen LogP contribution in [-0.4, -0.2) is 174 Å². The van der Waals surface area contributed by atoms with Crippen molar-refractivity contribution in [1.29, 1.82) is 0 Å². The zero-order valence-corrected chi connectivity index (χ0v) is 42.1. The Morgan fingerprint density at radius 3 is 2.03 bits per heavy atom. The number of hydrazine groups is 2. The maximum atomic E-state index is 15.2. The van der Waals surface area contributed by atoms with E-state index in [1.807, 2.05) is 6.92 Å². The van der Waals surface area contributed by atoms with E-state index in [1.165, 1.54) is 48.6 Å². The van der Waals surface area contributed by atoms with E-state index in [9.17, 15) is 54.1 Å². The fraction of sp³-hybridized carbons (Fsp3) is 0.745. The number of nitrogens with zero attached hydrogens (tertiary/aromatic N) is 4. The molecule has 6 amide bonds. The number of carbonyl (C=O) groups excluding carboxylic acids is 8. The van der Waals surface area contributed by atoms with Gasteiger partial charge >= 0.3 is 5.97 Å². The molecule has 13 atom stereocenters. The zero-order chi connectivity index (χ0) is 52.0. The highest BCUT2D eigenvalue weighted by Gasteiger charge is 2.59. The highest BCUT2D eigenvalue weighted by molar-refractivity contribution is 5.98. The summed E-state index contributed by atoms with van der Waals surface area (Å²) in [5.74, 6) is -11.7. The summed E-state index contributed by atoms with van der Waals surface area (Å²) in [6, 6.07) is -9.46. The second-order valence-corrected chi connectivity index (χ2v) is 19.4. The number of hydrogen-bond donors (Lipinski definition) is 8. The predicted molar refractivity (Wildman–Crippen MR) is 247 cm³/mol. The highest BCUT2D eigenvalue weighted by atomic mass is 16.7. The van der Waals surface area contributed by atoms with Crippen LogP contribution in [0.25, 0.3) is 0 Å². The standard InChI is InChI=1S/C47H76N8O14/c1-13-25(5)36(57)27(7)23-28(8)38-26(6)19-20-47(66,69-38)46(65,14-2)45(64)51-35-37(24(3)4)68-44(63)34(31(11)56)50-39(58)32-17-15-21-48-53(32)41(60)29(9)52(12)40(59)30(10)55(67)42(61)33-18-16-22-49-54(33)43(35)62/h13,23-24,26-27,29-35,37-38,48-49,56,65-67H,14-22H2,1-12H3,(H,50,58)(H,51,64)/b25-13+,28-23+/t26-,27-,29+,30-,31-,32-,33+,34+,35-,37-,38-,46+,47+/m0/s1. The van der Waals surface area contributed by atoms with Crippen LogP contribution in [0.15, 0.2) is 23.3 Å². The van der Waals surface area contributed by atoms with Gasteiger partial charge in [0.25, 0.3) is 23.6 Å². The zero-order valence-electron chi connectivity index (χ0n) is 42.1. The van der Waals surface area contributed by atoms with Crippen LogP contribution in [-0.2, 0) is 47.8 Å². The quantitative estimate of drug-likeness (QED) is 0.0625. The van der Waals surface area contributed by atoms with Gasteiger partial charge in [-0.1, -0.05) is 46.8 Å². The minimum Gasteiger partial charge on any atom is -0.458 e. The number of amides is 6. The van der Waals surface area contributed by atoms with Crippen LogP contribution in [0.2, 0.25) is 0 Å². The van der Waals surface area contributed by atoms with Gasteiger partial charge in [0.1, 0.15) is 36.3 Å². The lowest BCUT2D eigenvalue weighted by atomic mass is 9.78. The van der Waals surface area contributed by atoms with Crippen molar-refractivity contribution in [3.8, 4) is 0 Å². The predicted octanol–water partition coefficient (Wildman–Crippen LogP) is 0.125. The summed E-state index contributed by atoms with van der Waals surface area (Å²) in [6.07, 6.45) is -0.537. The van der Waals surface area contributed by atoms with E-state index >= 15 is 4.79 Å². The lowest BCUT2D eigenvalue weighted by Crippen LogP contribution is -2.71. The van der Waals surface area contributed by atoms with Crippen LogP contribution in [0.4, 0.5) is 0 Å². The Kier molecular flexibility index (Phi) is 19.2. The molecule has 0 unspecified atom stereocenters. The summed E-state index contributed by atoms with van der Waals surface area (Å²) in [5, 5.41) is 54.1. The van der Waals surface area contributed by atoms with Crippen molar-refractivity contribution < 1.29 is 68.4 Å². The van der Waals surface area contributed by atoms with Gasteiger partial charge in [-0.3, -0.25) is 48.8 Å². The fourth-order valence-corrected chi connectivity index (χ4v) is 9.32. The summed E-state index contributed by atoms with van der Waals surface area (Å²) >= 11 is 0. The number of hydroxylamine groups is 2. The van der Waals surface area contributed by atoms with E-state index in [-0.39, 0.29) is 62.0 Å². The lowest BCUT2D eigenvalue weighted by molar-refractivity contribution is -0.325. The molecule has 4 rings (SSSR count). The van der Waals surface area contributed by atoms with Gasteiger partial charge in [-0.2, -0.15) is 0 Å². The second kappa shape index (κ2) is 23.4. The Hall–Kier alpha value is -4.84. The first-order valence-corrected chi connectivity index (χ1v) is 24.1. The molecule has 0 aromatic rings. The molecule has 22 heteroatoms. The van der Waals surface area contributed by atoms with Crippen molar-refractivity contribution in [3.63, 3.8) is 0 Å². The molecule has 0 radical (unpaired) electrons. The molecule has 388 valence electrons. The van der Waals surface area contributed by atoms with Crippen LogP contribution in [0, 0.1) is 17.8 Å². The largest absolute Gasteiger partial charge is 0.458 e. The molecule has 4 fully saturated rings. The van der Waals surface area contributed by atoms with Gasteiger partial charge in [-0.05, 0) is 103 Å². The Labute approximate surface area is 404 Å². The summed E-state index contributed by atoms with van der Waals surface area (Å²) in [7, 11) is 1.28. The van der Waals surface area contributed by atoms with Crippen molar-refractivity contribution >= 4 is 47.2 Å². The third-order valence-corrected chi connectivity index (χ3v) is 14.1. The Bertz CT molecular complexity index is 2010. The van der Waals surface area contributed by atoms with Crippen molar-refractivity contribution in [3.05, 3.63) is 23.3 Å². The number of fused-ring (bicyclic) bond motifs is 2.